The minimum atomic E-state index is -1.71. The fraction of sp³-hybridized carbons (Fsp3) is 0.176. The van der Waals surface area contributed by atoms with E-state index in [-0.39, 0.29) is 17.0 Å². The second kappa shape index (κ2) is 9.86. The Morgan fingerprint density at radius 2 is 1.77 bits per heavy atom. The molecule has 2 rings (SSSR count). The van der Waals surface area contributed by atoms with Crippen molar-refractivity contribution in [3.05, 3.63) is 53.6 Å². The van der Waals surface area contributed by atoms with Gasteiger partial charge in [0.2, 0.25) is 0 Å². The van der Waals surface area contributed by atoms with Gasteiger partial charge in [-0.25, -0.2) is 0 Å². The molecule has 0 fully saturated rings. The molecular weight excluding hydrogens is 353 g/mol. The lowest BCUT2D eigenvalue weighted by Crippen LogP contribution is -2.32. The molecule has 0 saturated heterocycles. The monoisotopic (exact) mass is 373 g/mol. The number of amidine groups is 1. The van der Waals surface area contributed by atoms with Gasteiger partial charge in [-0.05, 0) is 17.7 Å². The summed E-state index contributed by atoms with van der Waals surface area (Å²) in [4.78, 5) is 0. The Labute approximate surface area is 156 Å². The molecule has 0 aliphatic heterocycles. The predicted molar refractivity (Wildman–Crippen MR) is 106 cm³/mol. The Hall–Kier alpha value is -2.49. The first-order valence-corrected chi connectivity index (χ1v) is 8.69. The molecule has 9 heteroatoms. The average molecular weight is 373 g/mol. The Morgan fingerprint density at radius 1 is 1.15 bits per heavy atom. The van der Waals surface area contributed by atoms with E-state index in [2.05, 4.69) is 10.2 Å². The van der Waals surface area contributed by atoms with Crippen LogP contribution >= 0.6 is 11.8 Å². The van der Waals surface area contributed by atoms with Gasteiger partial charge in [0.05, 0.1) is 25.9 Å². The Bertz CT molecular complexity index is 760. The zero-order valence-electron chi connectivity index (χ0n) is 14.5. The van der Waals surface area contributed by atoms with Crippen molar-refractivity contribution < 1.29 is 19.5 Å². The van der Waals surface area contributed by atoms with Crippen LogP contribution in [0.4, 0.5) is 0 Å². The van der Waals surface area contributed by atoms with E-state index in [4.69, 9.17) is 15.2 Å². The van der Waals surface area contributed by atoms with Gasteiger partial charge in [-0.15, -0.1) is 5.10 Å². The van der Waals surface area contributed by atoms with Crippen LogP contribution in [0.25, 0.3) is 0 Å². The third-order valence-electron chi connectivity index (χ3n) is 3.42. The van der Waals surface area contributed by atoms with Gasteiger partial charge < -0.3 is 25.3 Å². The summed E-state index contributed by atoms with van der Waals surface area (Å²) >= 11 is 1.38. The first kappa shape index (κ1) is 19.8. The molecule has 0 radical (unpaired) electrons. The topological polar surface area (TPSA) is 110 Å². The number of thioether (sulfide) groups is 1. The van der Waals surface area contributed by atoms with E-state index >= 15 is 0 Å². The maximum absolute atomic E-state index is 9.46. The van der Waals surface area contributed by atoms with Crippen LogP contribution < -0.4 is 20.7 Å². The van der Waals surface area contributed by atoms with Crippen LogP contribution in [0.3, 0.4) is 0 Å². The summed E-state index contributed by atoms with van der Waals surface area (Å²) in [5.41, 5.74) is 7.76. The summed E-state index contributed by atoms with van der Waals surface area (Å²) < 4.78 is 10.4. The van der Waals surface area contributed by atoms with Crippen molar-refractivity contribution in [3.8, 4) is 11.5 Å². The number of ether oxygens (including phenoxy) is 2. The van der Waals surface area contributed by atoms with Gasteiger partial charge in [0, 0.05) is 11.3 Å². The Kier molecular flexibility index (Phi) is 7.52. The number of nitrogens with zero attached hydrogens (tertiary/aromatic N) is 2. The molecule has 26 heavy (non-hydrogen) atoms. The summed E-state index contributed by atoms with van der Waals surface area (Å²) in [7, 11) is 1.14. The first-order valence-electron chi connectivity index (χ1n) is 7.70. The number of rotatable bonds is 7. The van der Waals surface area contributed by atoms with Gasteiger partial charge in [-0.3, -0.25) is 0 Å². The average Bonchev–Trinajstić information content (AvgIpc) is 2.66. The number of methoxy groups -OCH3 is 2. The van der Waals surface area contributed by atoms with Crippen molar-refractivity contribution in [2.45, 2.75) is 5.75 Å². The lowest BCUT2D eigenvalue weighted by atomic mass is 9.78. The summed E-state index contributed by atoms with van der Waals surface area (Å²) in [6, 6.07) is 13.1. The third kappa shape index (κ3) is 5.52. The van der Waals surface area contributed by atoms with Gasteiger partial charge in [0.1, 0.15) is 11.5 Å². The highest BCUT2D eigenvalue weighted by Crippen LogP contribution is 2.20. The second-order valence-electron chi connectivity index (χ2n) is 5.17. The number of hydrogen-bond acceptors (Lipinski definition) is 7. The fourth-order valence-corrected chi connectivity index (χ4v) is 2.81. The SMILES string of the molecule is COc1cc(C=NN=C(N)SCc2ccccc2)cc(OC)c1B(O)O. The second-order valence-corrected chi connectivity index (χ2v) is 6.17. The molecule has 0 aliphatic carbocycles. The van der Waals surface area contributed by atoms with E-state index in [0.717, 1.165) is 5.56 Å². The highest BCUT2D eigenvalue weighted by atomic mass is 32.2. The van der Waals surface area contributed by atoms with E-state index in [1.165, 1.54) is 32.2 Å². The molecule has 7 nitrogen and oxygen atoms in total. The third-order valence-corrected chi connectivity index (χ3v) is 4.27. The summed E-state index contributed by atoms with van der Waals surface area (Å²) in [6.07, 6.45) is 1.48. The smallest absolute Gasteiger partial charge is 0.496 e. The van der Waals surface area contributed by atoms with Gasteiger partial charge in [-0.1, -0.05) is 42.1 Å². The molecule has 0 spiro atoms. The summed E-state index contributed by atoms with van der Waals surface area (Å²) in [5, 5.41) is 27.2. The standard InChI is InChI=1S/C17H20BN3O4S/c1-24-14-8-13(9-15(25-2)16(14)18(22)23)10-20-21-17(19)26-11-12-6-4-3-5-7-12/h3-10,22-23H,11H2,1-2H3,(H2,19,21). The van der Waals surface area contributed by atoms with Crippen molar-refractivity contribution in [3.63, 3.8) is 0 Å². The molecule has 2 aromatic carbocycles. The highest BCUT2D eigenvalue weighted by molar-refractivity contribution is 8.13. The fourth-order valence-electron chi connectivity index (χ4n) is 2.20. The van der Waals surface area contributed by atoms with Crippen LogP contribution in [0.5, 0.6) is 11.5 Å². The molecule has 0 heterocycles. The number of hydrogen-bond donors (Lipinski definition) is 3. The molecule has 2 aromatic rings. The van der Waals surface area contributed by atoms with Crippen LogP contribution in [0.15, 0.2) is 52.7 Å². The molecule has 0 saturated carbocycles. The Balaban J connectivity index is 2.09. The van der Waals surface area contributed by atoms with E-state index in [1.807, 2.05) is 30.3 Å². The Morgan fingerprint density at radius 3 is 2.31 bits per heavy atom. The molecule has 0 bridgehead atoms. The molecular formula is C17H20BN3O4S. The van der Waals surface area contributed by atoms with Gasteiger partial charge in [0.25, 0.3) is 0 Å². The minimum absolute atomic E-state index is 0.147. The molecule has 4 N–H and O–H groups in total. The van der Waals surface area contributed by atoms with Crippen LogP contribution in [0, 0.1) is 0 Å². The quantitative estimate of drug-likeness (QED) is 0.289. The molecule has 0 atom stereocenters. The van der Waals surface area contributed by atoms with E-state index in [9.17, 15) is 10.0 Å². The maximum atomic E-state index is 9.46. The van der Waals surface area contributed by atoms with Crippen LogP contribution in [0.1, 0.15) is 11.1 Å². The van der Waals surface area contributed by atoms with Gasteiger partial charge >= 0.3 is 7.12 Å². The summed E-state index contributed by atoms with van der Waals surface area (Å²) in [5.74, 6) is 1.25. The van der Waals surface area contributed by atoms with E-state index in [0.29, 0.717) is 16.5 Å². The summed E-state index contributed by atoms with van der Waals surface area (Å²) in [6.45, 7) is 0. The van der Waals surface area contributed by atoms with Crippen molar-refractivity contribution in [2.24, 2.45) is 15.9 Å². The minimum Gasteiger partial charge on any atom is -0.497 e. The first-order chi connectivity index (χ1) is 12.5. The van der Waals surface area contributed by atoms with Crippen molar-refractivity contribution in [1.29, 1.82) is 0 Å². The van der Waals surface area contributed by atoms with Crippen molar-refractivity contribution >= 4 is 35.7 Å². The van der Waals surface area contributed by atoms with E-state index < -0.39 is 7.12 Å². The predicted octanol–water partition coefficient (Wildman–Crippen LogP) is 0.966. The van der Waals surface area contributed by atoms with E-state index in [1.54, 1.807) is 12.1 Å². The molecule has 0 aromatic heterocycles. The lowest BCUT2D eigenvalue weighted by molar-refractivity contribution is 0.385. The lowest BCUT2D eigenvalue weighted by Gasteiger charge is -2.13. The van der Waals surface area contributed by atoms with Crippen molar-refractivity contribution in [1.82, 2.24) is 0 Å². The van der Waals surface area contributed by atoms with Crippen LogP contribution in [-0.4, -0.2) is 42.8 Å². The number of benzene rings is 2. The van der Waals surface area contributed by atoms with Gasteiger partial charge in [0.15, 0.2) is 5.17 Å². The van der Waals surface area contributed by atoms with Crippen LogP contribution in [0.2, 0.25) is 0 Å². The van der Waals surface area contributed by atoms with Crippen molar-refractivity contribution in [2.75, 3.05) is 14.2 Å². The van der Waals surface area contributed by atoms with Gasteiger partial charge in [-0.2, -0.15) is 5.10 Å². The van der Waals surface area contributed by atoms with Crippen LogP contribution in [-0.2, 0) is 5.75 Å². The molecule has 0 unspecified atom stereocenters. The highest BCUT2D eigenvalue weighted by Gasteiger charge is 2.23. The molecule has 0 aliphatic rings. The zero-order chi connectivity index (χ0) is 18.9. The zero-order valence-corrected chi connectivity index (χ0v) is 15.3. The normalized spacial score (nSPS) is 11.6. The maximum Gasteiger partial charge on any atom is 0.496 e. The molecule has 0 amide bonds. The largest absolute Gasteiger partial charge is 0.497 e. The molecule has 136 valence electrons. The number of nitrogens with two attached hydrogens (primary N) is 1.